The third kappa shape index (κ3) is 5.50. The molecule has 0 atom stereocenters. The molecule has 3 aromatic rings. The van der Waals surface area contributed by atoms with Crippen molar-refractivity contribution >= 4 is 23.2 Å². The summed E-state index contributed by atoms with van der Waals surface area (Å²) in [6.45, 7) is 3.31. The summed E-state index contributed by atoms with van der Waals surface area (Å²) in [4.78, 5) is 8.09. The van der Waals surface area contributed by atoms with Gasteiger partial charge in [-0.3, -0.25) is 4.40 Å². The van der Waals surface area contributed by atoms with Crippen molar-refractivity contribution in [3.05, 3.63) is 53.1 Å². The van der Waals surface area contributed by atoms with Gasteiger partial charge in [0, 0.05) is 18.9 Å². The molecule has 0 aliphatic rings. The van der Waals surface area contributed by atoms with Crippen molar-refractivity contribution in [1.29, 1.82) is 0 Å². The third-order valence-corrected chi connectivity index (χ3v) is 4.15. The monoisotopic (exact) mass is 441 g/mol. The molecule has 0 amide bonds. The molecule has 0 aromatic carbocycles. The number of fused-ring (bicyclic) bond motifs is 1. The van der Waals surface area contributed by atoms with Gasteiger partial charge < -0.3 is 15.4 Å². The van der Waals surface area contributed by atoms with Crippen molar-refractivity contribution in [3.63, 3.8) is 0 Å². The van der Waals surface area contributed by atoms with Crippen LogP contribution in [0, 0.1) is 0 Å². The second kappa shape index (κ2) is 9.61. The van der Waals surface area contributed by atoms with Gasteiger partial charge in [-0.05, 0) is 25.1 Å². The van der Waals surface area contributed by atoms with E-state index in [-0.39, 0.29) is 17.5 Å². The van der Waals surface area contributed by atoms with Gasteiger partial charge in [0.2, 0.25) is 5.88 Å². The number of halogens is 4. The van der Waals surface area contributed by atoms with E-state index in [9.17, 15) is 13.2 Å². The summed E-state index contributed by atoms with van der Waals surface area (Å²) in [5.41, 5.74) is -0.199. The highest BCUT2D eigenvalue weighted by atomic mass is 35.5. The number of guanidine groups is 1. The predicted octanol–water partition coefficient (Wildman–Crippen LogP) is 2.93. The van der Waals surface area contributed by atoms with Gasteiger partial charge in [-0.2, -0.15) is 13.2 Å². The Hall–Kier alpha value is -3.08. The minimum absolute atomic E-state index is 0.0664. The zero-order valence-corrected chi connectivity index (χ0v) is 16.7. The average molecular weight is 442 g/mol. The van der Waals surface area contributed by atoms with Crippen LogP contribution in [0.2, 0.25) is 5.02 Å². The molecule has 0 unspecified atom stereocenters. The molecule has 30 heavy (non-hydrogen) atoms. The standard InChI is InChI=1S/C18H19ClF3N7O/c1-2-23-17(26-11-15-28-27-14-5-3-4-7-29(14)15)24-6-8-30-16-13(19)9-12(10-25-16)18(20,21)22/h3-5,7,9-10H,2,6,8,11H2,1H3,(H2,23,24,26). The highest BCUT2D eigenvalue weighted by molar-refractivity contribution is 6.31. The molecule has 0 bridgehead atoms. The molecule has 12 heteroatoms. The molecule has 0 fully saturated rings. The Morgan fingerprint density at radius 1 is 1.27 bits per heavy atom. The lowest BCUT2D eigenvalue weighted by Gasteiger charge is -2.13. The molecule has 8 nitrogen and oxygen atoms in total. The van der Waals surface area contributed by atoms with E-state index in [1.807, 2.05) is 35.7 Å². The Morgan fingerprint density at radius 2 is 2.10 bits per heavy atom. The summed E-state index contributed by atoms with van der Waals surface area (Å²) in [5.74, 6) is 1.14. The molecule has 3 rings (SSSR count). The fourth-order valence-electron chi connectivity index (χ4n) is 2.49. The Morgan fingerprint density at radius 3 is 2.83 bits per heavy atom. The molecule has 0 aliphatic carbocycles. The third-order valence-electron chi connectivity index (χ3n) is 3.88. The fraction of sp³-hybridized carbons (Fsp3) is 0.333. The molecular formula is C18H19ClF3N7O. The Labute approximate surface area is 175 Å². The van der Waals surface area contributed by atoms with E-state index >= 15 is 0 Å². The van der Waals surface area contributed by atoms with Gasteiger partial charge >= 0.3 is 6.18 Å². The number of aromatic nitrogens is 4. The number of nitrogens with one attached hydrogen (secondary N) is 2. The van der Waals surface area contributed by atoms with Crippen molar-refractivity contribution < 1.29 is 17.9 Å². The van der Waals surface area contributed by atoms with Crippen molar-refractivity contribution in [2.45, 2.75) is 19.6 Å². The van der Waals surface area contributed by atoms with E-state index in [2.05, 4.69) is 30.8 Å². The second-order valence-corrected chi connectivity index (χ2v) is 6.43. The number of pyridine rings is 2. The predicted molar refractivity (Wildman–Crippen MR) is 106 cm³/mol. The second-order valence-electron chi connectivity index (χ2n) is 6.02. The van der Waals surface area contributed by atoms with Crippen LogP contribution in [0.5, 0.6) is 5.88 Å². The molecule has 0 saturated heterocycles. The first-order valence-electron chi connectivity index (χ1n) is 9.05. The van der Waals surface area contributed by atoms with Gasteiger partial charge in [0.15, 0.2) is 17.4 Å². The van der Waals surface area contributed by atoms with Crippen LogP contribution in [0.4, 0.5) is 13.2 Å². The Kier molecular flexibility index (Phi) is 6.93. The maximum Gasteiger partial charge on any atom is 0.417 e. The van der Waals surface area contributed by atoms with Crippen LogP contribution in [0.1, 0.15) is 18.3 Å². The Balaban J connectivity index is 1.54. The molecule has 160 valence electrons. The zero-order chi connectivity index (χ0) is 21.6. The highest BCUT2D eigenvalue weighted by Gasteiger charge is 2.31. The summed E-state index contributed by atoms with van der Waals surface area (Å²) in [6.07, 6.45) is -1.97. The molecule has 3 aromatic heterocycles. The molecule has 0 spiro atoms. The summed E-state index contributed by atoms with van der Waals surface area (Å²) in [5, 5.41) is 14.1. The smallest absolute Gasteiger partial charge is 0.417 e. The quantitative estimate of drug-likeness (QED) is 0.333. The van der Waals surface area contributed by atoms with Crippen molar-refractivity contribution in [3.8, 4) is 5.88 Å². The van der Waals surface area contributed by atoms with E-state index in [1.54, 1.807) is 0 Å². The molecule has 0 saturated carbocycles. The van der Waals surface area contributed by atoms with Crippen LogP contribution >= 0.6 is 11.6 Å². The van der Waals surface area contributed by atoms with E-state index in [0.717, 1.165) is 11.7 Å². The first-order valence-corrected chi connectivity index (χ1v) is 9.42. The number of hydrogen-bond donors (Lipinski definition) is 2. The minimum atomic E-state index is -4.51. The lowest BCUT2D eigenvalue weighted by atomic mass is 10.3. The lowest BCUT2D eigenvalue weighted by molar-refractivity contribution is -0.137. The van der Waals surface area contributed by atoms with Gasteiger partial charge in [0.05, 0.1) is 12.1 Å². The highest BCUT2D eigenvalue weighted by Crippen LogP contribution is 2.32. The number of nitrogens with zero attached hydrogens (tertiary/aromatic N) is 5. The number of alkyl halides is 3. The maximum absolute atomic E-state index is 12.6. The number of rotatable bonds is 7. The first-order chi connectivity index (χ1) is 14.4. The number of ether oxygens (including phenoxy) is 1. The average Bonchev–Trinajstić information content (AvgIpc) is 3.12. The van der Waals surface area contributed by atoms with Crippen LogP contribution in [0.15, 0.2) is 41.7 Å². The summed E-state index contributed by atoms with van der Waals surface area (Å²) in [6, 6.07) is 6.39. The van der Waals surface area contributed by atoms with E-state index in [0.29, 0.717) is 37.6 Å². The van der Waals surface area contributed by atoms with Gasteiger partial charge in [-0.1, -0.05) is 17.7 Å². The molecule has 0 aliphatic heterocycles. The van der Waals surface area contributed by atoms with E-state index in [4.69, 9.17) is 16.3 Å². The van der Waals surface area contributed by atoms with E-state index < -0.39 is 11.7 Å². The largest absolute Gasteiger partial charge is 0.475 e. The first kappa shape index (κ1) is 21.6. The number of aliphatic imine (C=N–C) groups is 1. The van der Waals surface area contributed by atoms with Crippen LogP contribution in [-0.2, 0) is 12.7 Å². The molecule has 0 radical (unpaired) electrons. The van der Waals surface area contributed by atoms with Crippen LogP contribution in [0.3, 0.4) is 0 Å². The van der Waals surface area contributed by atoms with Crippen molar-refractivity contribution in [1.82, 2.24) is 30.2 Å². The molecular weight excluding hydrogens is 423 g/mol. The van der Waals surface area contributed by atoms with Gasteiger partial charge in [0.25, 0.3) is 0 Å². The minimum Gasteiger partial charge on any atom is -0.475 e. The van der Waals surface area contributed by atoms with Gasteiger partial charge in [-0.25, -0.2) is 9.98 Å². The number of hydrogen-bond acceptors (Lipinski definition) is 5. The summed E-state index contributed by atoms with van der Waals surface area (Å²) < 4.78 is 45.1. The van der Waals surface area contributed by atoms with Gasteiger partial charge in [0.1, 0.15) is 18.2 Å². The maximum atomic E-state index is 12.6. The van der Waals surface area contributed by atoms with Gasteiger partial charge in [-0.15, -0.1) is 10.2 Å². The van der Waals surface area contributed by atoms with Crippen molar-refractivity contribution in [2.75, 3.05) is 19.7 Å². The van der Waals surface area contributed by atoms with Crippen LogP contribution < -0.4 is 15.4 Å². The molecule has 2 N–H and O–H groups in total. The topological polar surface area (TPSA) is 88.7 Å². The van der Waals surface area contributed by atoms with Crippen LogP contribution in [0.25, 0.3) is 5.65 Å². The fourth-order valence-corrected chi connectivity index (χ4v) is 2.71. The zero-order valence-electron chi connectivity index (χ0n) is 15.9. The normalized spacial score (nSPS) is 12.2. The SMILES string of the molecule is CCNC(=NCc1nnc2ccccn12)NCCOc1ncc(C(F)(F)F)cc1Cl. The summed E-state index contributed by atoms with van der Waals surface area (Å²) in [7, 11) is 0. The van der Waals surface area contributed by atoms with Crippen molar-refractivity contribution in [2.24, 2.45) is 4.99 Å². The Bertz CT molecular complexity index is 1020. The molecule has 3 heterocycles. The summed E-state index contributed by atoms with van der Waals surface area (Å²) >= 11 is 5.82. The van der Waals surface area contributed by atoms with Crippen LogP contribution in [-0.4, -0.2) is 45.2 Å². The lowest BCUT2D eigenvalue weighted by Crippen LogP contribution is -2.39. The van der Waals surface area contributed by atoms with E-state index in [1.165, 1.54) is 0 Å².